The minimum Gasteiger partial charge on any atom is -0.482 e. The molecule has 0 saturated carbocycles. The van der Waals surface area contributed by atoms with Crippen molar-refractivity contribution in [3.63, 3.8) is 0 Å². The second-order valence-electron chi connectivity index (χ2n) is 5.35. The predicted molar refractivity (Wildman–Crippen MR) is 82.0 cm³/mol. The average molecular weight is 288 g/mol. The van der Waals surface area contributed by atoms with Crippen LogP contribution in [-0.4, -0.2) is 11.9 Å². The number of Topliss-reactive ketones (excluding diaryl/α,β-unsaturated/α-hetero) is 1. The lowest BCUT2D eigenvalue weighted by Gasteiger charge is -2.16. The summed E-state index contributed by atoms with van der Waals surface area (Å²) in [6.07, 6.45) is 1.14. The summed E-state index contributed by atoms with van der Waals surface area (Å²) in [6, 6.07) is 5.20. The summed E-state index contributed by atoms with van der Waals surface area (Å²) in [4.78, 5) is 23.1. The molecule has 2 rings (SSSR count). The lowest BCUT2D eigenvalue weighted by Crippen LogP contribution is -2.21. The van der Waals surface area contributed by atoms with Gasteiger partial charge in [-0.3, -0.25) is 4.79 Å². The fourth-order valence-corrected chi connectivity index (χ4v) is 2.30. The minimum absolute atomic E-state index is 0.0425. The zero-order chi connectivity index (χ0) is 15.6. The van der Waals surface area contributed by atoms with Crippen molar-refractivity contribution < 1.29 is 13.9 Å². The van der Waals surface area contributed by atoms with Gasteiger partial charge in [0.1, 0.15) is 11.3 Å². The van der Waals surface area contributed by atoms with Gasteiger partial charge in [0.15, 0.2) is 11.9 Å². The Hall–Kier alpha value is -2.10. The Morgan fingerprint density at radius 3 is 2.67 bits per heavy atom. The molecule has 0 saturated heterocycles. The van der Waals surface area contributed by atoms with E-state index in [-0.39, 0.29) is 11.4 Å². The number of ketones is 1. The van der Waals surface area contributed by atoms with Crippen LogP contribution in [0.25, 0.3) is 11.0 Å². The zero-order valence-electron chi connectivity index (χ0n) is 12.9. The van der Waals surface area contributed by atoms with Gasteiger partial charge in [0, 0.05) is 6.07 Å². The monoisotopic (exact) mass is 288 g/mol. The van der Waals surface area contributed by atoms with E-state index >= 15 is 0 Å². The molecular weight excluding hydrogens is 268 g/mol. The molecule has 4 heteroatoms. The van der Waals surface area contributed by atoms with Gasteiger partial charge in [-0.05, 0) is 50.5 Å². The fourth-order valence-electron chi connectivity index (χ4n) is 2.30. The van der Waals surface area contributed by atoms with Crippen LogP contribution in [0.3, 0.4) is 0 Å². The largest absolute Gasteiger partial charge is 0.482 e. The number of rotatable bonds is 5. The summed E-state index contributed by atoms with van der Waals surface area (Å²) < 4.78 is 11.1. The molecule has 0 aliphatic carbocycles. The molecule has 2 aromatic rings. The second kappa shape index (κ2) is 6.12. The molecule has 112 valence electrons. The second-order valence-corrected chi connectivity index (χ2v) is 5.35. The summed E-state index contributed by atoms with van der Waals surface area (Å²) in [5.74, 6) is 0.555. The van der Waals surface area contributed by atoms with Gasteiger partial charge in [-0.15, -0.1) is 0 Å². The van der Waals surface area contributed by atoms with Crippen molar-refractivity contribution in [2.75, 3.05) is 0 Å². The summed E-state index contributed by atoms with van der Waals surface area (Å²) >= 11 is 0. The van der Waals surface area contributed by atoms with Gasteiger partial charge < -0.3 is 9.15 Å². The van der Waals surface area contributed by atoms with Gasteiger partial charge in [0.25, 0.3) is 0 Å². The van der Waals surface area contributed by atoms with Gasteiger partial charge >= 0.3 is 5.63 Å². The number of hydrogen-bond acceptors (Lipinski definition) is 4. The van der Waals surface area contributed by atoms with Gasteiger partial charge in [0.05, 0.1) is 5.39 Å². The quantitative estimate of drug-likeness (QED) is 0.791. The van der Waals surface area contributed by atoms with Crippen LogP contribution in [0.4, 0.5) is 0 Å². The van der Waals surface area contributed by atoms with Crippen LogP contribution in [-0.2, 0) is 11.2 Å². The van der Waals surface area contributed by atoms with Crippen molar-refractivity contribution in [2.45, 2.75) is 46.6 Å². The Morgan fingerprint density at radius 1 is 1.33 bits per heavy atom. The van der Waals surface area contributed by atoms with Crippen molar-refractivity contribution in [1.29, 1.82) is 0 Å². The SMILES string of the molecule is CCCc1cc(=O)oc2cc(C)cc(O[C@H](C)C(C)=O)c12. The third kappa shape index (κ3) is 3.32. The molecule has 0 amide bonds. The van der Waals surface area contributed by atoms with Crippen molar-refractivity contribution in [3.05, 3.63) is 39.7 Å². The van der Waals surface area contributed by atoms with Crippen LogP contribution < -0.4 is 10.4 Å². The molecule has 0 spiro atoms. The Kier molecular flexibility index (Phi) is 4.46. The van der Waals surface area contributed by atoms with Gasteiger partial charge in [-0.1, -0.05) is 13.3 Å². The van der Waals surface area contributed by atoms with E-state index in [1.54, 1.807) is 6.92 Å². The van der Waals surface area contributed by atoms with Crippen LogP contribution in [0, 0.1) is 6.92 Å². The number of carbonyl (C=O) groups is 1. The molecule has 1 aromatic heterocycles. The van der Waals surface area contributed by atoms with Crippen molar-refractivity contribution >= 4 is 16.8 Å². The van der Waals surface area contributed by atoms with E-state index in [2.05, 4.69) is 0 Å². The highest BCUT2D eigenvalue weighted by atomic mass is 16.5. The number of hydrogen-bond donors (Lipinski definition) is 0. The van der Waals surface area contributed by atoms with Crippen LogP contribution >= 0.6 is 0 Å². The third-order valence-electron chi connectivity index (χ3n) is 3.43. The number of aryl methyl sites for hydroxylation is 2. The van der Waals surface area contributed by atoms with Gasteiger partial charge in [-0.25, -0.2) is 4.79 Å². The highest BCUT2D eigenvalue weighted by Gasteiger charge is 2.16. The molecule has 21 heavy (non-hydrogen) atoms. The first-order chi connectivity index (χ1) is 9.92. The summed E-state index contributed by atoms with van der Waals surface area (Å²) in [6.45, 7) is 7.16. The van der Waals surface area contributed by atoms with Crippen molar-refractivity contribution in [1.82, 2.24) is 0 Å². The smallest absolute Gasteiger partial charge is 0.336 e. The van der Waals surface area contributed by atoms with Crippen LogP contribution in [0.1, 0.15) is 38.3 Å². The normalized spacial score (nSPS) is 12.4. The highest BCUT2D eigenvalue weighted by Crippen LogP contribution is 2.31. The first-order valence-corrected chi connectivity index (χ1v) is 7.17. The molecule has 4 nitrogen and oxygen atoms in total. The van der Waals surface area contributed by atoms with Crippen LogP contribution in [0.2, 0.25) is 0 Å². The molecule has 0 N–H and O–H groups in total. The number of ether oxygens (including phenoxy) is 1. The van der Waals surface area contributed by atoms with E-state index in [1.807, 2.05) is 26.0 Å². The molecule has 1 atom stereocenters. The molecule has 0 radical (unpaired) electrons. The van der Waals surface area contributed by atoms with Gasteiger partial charge in [0.2, 0.25) is 0 Å². The topological polar surface area (TPSA) is 56.5 Å². The Labute approximate surface area is 123 Å². The third-order valence-corrected chi connectivity index (χ3v) is 3.43. The van der Waals surface area contributed by atoms with Crippen molar-refractivity contribution in [2.24, 2.45) is 0 Å². The maximum Gasteiger partial charge on any atom is 0.336 e. The Bertz CT molecular complexity index is 727. The highest BCUT2D eigenvalue weighted by molar-refractivity contribution is 5.88. The van der Waals surface area contributed by atoms with E-state index in [0.29, 0.717) is 11.3 Å². The van der Waals surface area contributed by atoms with E-state index in [4.69, 9.17) is 9.15 Å². The zero-order valence-corrected chi connectivity index (χ0v) is 12.9. The maximum absolute atomic E-state index is 11.7. The van der Waals surface area contributed by atoms with E-state index in [1.165, 1.54) is 13.0 Å². The molecular formula is C17H20O4. The summed E-state index contributed by atoms with van der Waals surface area (Å²) in [5, 5.41) is 0.787. The van der Waals surface area contributed by atoms with E-state index in [9.17, 15) is 9.59 Å². The van der Waals surface area contributed by atoms with Crippen molar-refractivity contribution in [3.8, 4) is 5.75 Å². The first-order valence-electron chi connectivity index (χ1n) is 7.17. The standard InChI is InChI=1S/C17H20O4/c1-5-6-13-9-16(19)21-15-8-10(2)7-14(17(13)15)20-12(4)11(3)18/h7-9,12H,5-6H2,1-4H3/t12-/m1/s1. The Balaban J connectivity index is 2.67. The van der Waals surface area contributed by atoms with E-state index in [0.717, 1.165) is 29.4 Å². The van der Waals surface area contributed by atoms with Crippen LogP contribution in [0.15, 0.2) is 27.4 Å². The number of fused-ring (bicyclic) bond motifs is 1. The lowest BCUT2D eigenvalue weighted by molar-refractivity contribution is -0.122. The molecule has 1 aromatic carbocycles. The van der Waals surface area contributed by atoms with Crippen LogP contribution in [0.5, 0.6) is 5.75 Å². The van der Waals surface area contributed by atoms with Gasteiger partial charge in [-0.2, -0.15) is 0 Å². The molecule has 0 unspecified atom stereocenters. The molecule has 0 fully saturated rings. The molecule has 0 bridgehead atoms. The maximum atomic E-state index is 11.7. The fraction of sp³-hybridized carbons (Fsp3) is 0.412. The predicted octanol–water partition coefficient (Wildman–Crippen LogP) is 3.41. The van der Waals surface area contributed by atoms with E-state index < -0.39 is 6.10 Å². The number of carbonyl (C=O) groups excluding carboxylic acids is 1. The minimum atomic E-state index is -0.531. The number of benzene rings is 1. The Morgan fingerprint density at radius 2 is 2.05 bits per heavy atom. The molecule has 0 aliphatic rings. The summed E-state index contributed by atoms with van der Waals surface area (Å²) in [5.41, 5.74) is 1.97. The molecule has 0 aliphatic heterocycles. The molecule has 1 heterocycles. The lowest BCUT2D eigenvalue weighted by atomic mass is 10.0. The summed E-state index contributed by atoms with van der Waals surface area (Å²) in [7, 11) is 0. The average Bonchev–Trinajstić information content (AvgIpc) is 2.37. The first kappa shape index (κ1) is 15.3.